The van der Waals surface area contributed by atoms with Crippen LogP contribution in [0, 0.1) is 23.7 Å². The van der Waals surface area contributed by atoms with Crippen LogP contribution in [0.3, 0.4) is 0 Å². The van der Waals surface area contributed by atoms with Gasteiger partial charge in [-0.15, -0.1) is 0 Å². The maximum absolute atomic E-state index is 13.1. The minimum absolute atomic E-state index is 0.0693. The lowest BCUT2D eigenvalue weighted by atomic mass is 9.43. The van der Waals surface area contributed by atoms with Crippen LogP contribution in [-0.2, 0) is 0 Å². The Morgan fingerprint density at radius 2 is 1.79 bits per heavy atom. The number of carbonyl (C=O) groups is 1. The fourth-order valence-corrected chi connectivity index (χ4v) is 7.43. The monoisotopic (exact) mass is 397 g/mol. The lowest BCUT2D eigenvalue weighted by Gasteiger charge is -2.65. The Kier molecular flexibility index (Phi) is 3.85. The van der Waals surface area contributed by atoms with Crippen molar-refractivity contribution >= 4 is 17.5 Å². The van der Waals surface area contributed by atoms with Gasteiger partial charge in [-0.2, -0.15) is 0 Å². The minimum atomic E-state index is -0.0846. The average Bonchev–Trinajstić information content (AvgIpc) is 3.03. The molecule has 0 saturated heterocycles. The molecule has 2 atom stereocenters. The minimum Gasteiger partial charge on any atom is -0.451 e. The Balaban J connectivity index is 1.38. The van der Waals surface area contributed by atoms with Crippen LogP contribution in [0.1, 0.15) is 68.5 Å². The highest BCUT2D eigenvalue weighted by molar-refractivity contribution is 6.31. The Morgan fingerprint density at radius 3 is 2.43 bits per heavy atom. The van der Waals surface area contributed by atoms with E-state index in [2.05, 4.69) is 19.2 Å². The second-order valence-electron chi connectivity index (χ2n) is 10.5. The van der Waals surface area contributed by atoms with E-state index in [1.54, 1.807) is 6.07 Å². The molecule has 2 aromatic rings. The van der Waals surface area contributed by atoms with Crippen LogP contribution in [0.4, 0.5) is 0 Å². The largest absolute Gasteiger partial charge is 0.451 e. The highest BCUT2D eigenvalue weighted by Gasteiger charge is 2.60. The van der Waals surface area contributed by atoms with Crippen molar-refractivity contribution in [1.82, 2.24) is 5.32 Å². The molecule has 4 bridgehead atoms. The predicted octanol–water partition coefficient (Wildman–Crippen LogP) is 6.39. The van der Waals surface area contributed by atoms with Gasteiger partial charge in [-0.25, -0.2) is 0 Å². The van der Waals surface area contributed by atoms with E-state index in [1.165, 1.54) is 19.3 Å². The third-order valence-electron chi connectivity index (χ3n) is 7.29. The van der Waals surface area contributed by atoms with Crippen LogP contribution in [-0.4, -0.2) is 11.4 Å². The van der Waals surface area contributed by atoms with Crippen molar-refractivity contribution < 1.29 is 9.21 Å². The first-order valence-corrected chi connectivity index (χ1v) is 10.7. The van der Waals surface area contributed by atoms with Gasteiger partial charge >= 0.3 is 0 Å². The molecule has 4 saturated carbocycles. The summed E-state index contributed by atoms with van der Waals surface area (Å²) in [6, 6.07) is 9.47. The fourth-order valence-electron chi connectivity index (χ4n) is 7.25. The number of carbonyl (C=O) groups excluding carboxylic acids is 1. The molecule has 28 heavy (non-hydrogen) atoms. The Hall–Kier alpha value is -1.74. The van der Waals surface area contributed by atoms with Crippen LogP contribution < -0.4 is 5.32 Å². The second kappa shape index (κ2) is 5.89. The summed E-state index contributed by atoms with van der Waals surface area (Å²) in [6.45, 7) is 6.81. The summed E-state index contributed by atoms with van der Waals surface area (Å²) in [7, 11) is 0. The van der Waals surface area contributed by atoms with Crippen LogP contribution in [0.2, 0.25) is 5.02 Å². The van der Waals surface area contributed by atoms with Crippen molar-refractivity contribution in [3.63, 3.8) is 0 Å². The van der Waals surface area contributed by atoms with Crippen molar-refractivity contribution in [3.8, 4) is 11.3 Å². The molecule has 4 aliphatic rings. The third-order valence-corrected chi connectivity index (χ3v) is 7.70. The first-order valence-electron chi connectivity index (χ1n) is 10.4. The quantitative estimate of drug-likeness (QED) is 0.652. The number of aryl methyl sites for hydroxylation is 1. The number of hydrogen-bond donors (Lipinski definition) is 1. The number of furan rings is 1. The predicted molar refractivity (Wildman–Crippen MR) is 111 cm³/mol. The van der Waals surface area contributed by atoms with E-state index in [4.69, 9.17) is 16.0 Å². The first kappa shape index (κ1) is 18.3. The van der Waals surface area contributed by atoms with Gasteiger partial charge in [0.2, 0.25) is 0 Å². The Labute approximate surface area is 171 Å². The lowest BCUT2D eigenvalue weighted by Crippen LogP contribution is -2.65. The molecule has 3 nitrogen and oxygen atoms in total. The lowest BCUT2D eigenvalue weighted by molar-refractivity contribution is -0.114. The van der Waals surface area contributed by atoms with Gasteiger partial charge in [0.25, 0.3) is 5.91 Å². The summed E-state index contributed by atoms with van der Waals surface area (Å²) in [4.78, 5) is 13.1. The van der Waals surface area contributed by atoms with E-state index in [9.17, 15) is 4.79 Å². The van der Waals surface area contributed by atoms with Gasteiger partial charge in [-0.3, -0.25) is 4.79 Å². The molecule has 1 aromatic carbocycles. The van der Waals surface area contributed by atoms with E-state index in [0.717, 1.165) is 36.3 Å². The van der Waals surface area contributed by atoms with Gasteiger partial charge in [0.1, 0.15) is 5.76 Å². The molecule has 1 heterocycles. The Bertz CT molecular complexity index is 943. The highest BCUT2D eigenvalue weighted by Crippen LogP contribution is 2.66. The zero-order chi connectivity index (χ0) is 19.7. The van der Waals surface area contributed by atoms with Crippen molar-refractivity contribution in [2.75, 3.05) is 0 Å². The average molecular weight is 398 g/mol. The summed E-state index contributed by atoms with van der Waals surface area (Å²) in [5, 5.41) is 4.12. The smallest absolute Gasteiger partial charge is 0.287 e. The van der Waals surface area contributed by atoms with Gasteiger partial charge in [-0.05, 0) is 86.0 Å². The number of halogens is 1. The van der Waals surface area contributed by atoms with Crippen molar-refractivity contribution in [3.05, 3.63) is 46.7 Å². The standard InChI is InChI=1S/C24H28ClNO2/c1-15-4-5-17(8-18(15)25)19-6-7-20(28-19)21(27)26-24-11-16-9-22(2,13-24)12-23(3,10-16)14-24/h4-8,16H,9-14H2,1-3H3,(H,26,27)/t16?,22-,23-,24?/m1/s1. The molecule has 0 unspecified atom stereocenters. The molecule has 6 rings (SSSR count). The molecule has 4 fully saturated rings. The van der Waals surface area contributed by atoms with Crippen LogP contribution >= 0.6 is 11.6 Å². The number of benzene rings is 1. The second-order valence-corrected chi connectivity index (χ2v) is 10.9. The van der Waals surface area contributed by atoms with Gasteiger partial charge in [0, 0.05) is 16.1 Å². The zero-order valence-electron chi connectivity index (χ0n) is 16.9. The third kappa shape index (κ3) is 2.99. The molecule has 0 aliphatic heterocycles. The van der Waals surface area contributed by atoms with Crippen molar-refractivity contribution in [2.24, 2.45) is 16.7 Å². The molecular weight excluding hydrogens is 370 g/mol. The van der Waals surface area contributed by atoms with E-state index in [1.807, 2.05) is 31.2 Å². The summed E-state index contributed by atoms with van der Waals surface area (Å²) < 4.78 is 5.92. The summed E-state index contributed by atoms with van der Waals surface area (Å²) in [5.74, 6) is 1.72. The van der Waals surface area contributed by atoms with Gasteiger partial charge in [-0.1, -0.05) is 37.6 Å². The molecule has 0 radical (unpaired) electrons. The van der Waals surface area contributed by atoms with E-state index < -0.39 is 0 Å². The maximum Gasteiger partial charge on any atom is 0.287 e. The van der Waals surface area contributed by atoms with Crippen molar-refractivity contribution in [2.45, 2.75) is 64.8 Å². The highest BCUT2D eigenvalue weighted by atomic mass is 35.5. The van der Waals surface area contributed by atoms with Gasteiger partial charge < -0.3 is 9.73 Å². The summed E-state index contributed by atoms with van der Waals surface area (Å²) >= 11 is 6.24. The van der Waals surface area contributed by atoms with Crippen molar-refractivity contribution in [1.29, 1.82) is 0 Å². The Morgan fingerprint density at radius 1 is 1.07 bits per heavy atom. The van der Waals surface area contributed by atoms with E-state index in [-0.39, 0.29) is 11.4 Å². The molecule has 4 heteroatoms. The molecule has 1 amide bonds. The number of hydrogen-bond acceptors (Lipinski definition) is 2. The zero-order valence-corrected chi connectivity index (χ0v) is 17.7. The van der Waals surface area contributed by atoms with Gasteiger partial charge in [0.15, 0.2) is 5.76 Å². The molecule has 4 aliphatic carbocycles. The summed E-state index contributed by atoms with van der Waals surface area (Å²) in [6.07, 6.45) is 7.24. The number of amides is 1. The van der Waals surface area contributed by atoms with E-state index in [0.29, 0.717) is 27.4 Å². The molecule has 0 spiro atoms. The molecule has 1 aromatic heterocycles. The normalized spacial score (nSPS) is 35.9. The summed E-state index contributed by atoms with van der Waals surface area (Å²) in [5.41, 5.74) is 2.59. The topological polar surface area (TPSA) is 42.2 Å². The molecular formula is C24H28ClNO2. The van der Waals surface area contributed by atoms with Gasteiger partial charge in [0.05, 0.1) is 0 Å². The fraction of sp³-hybridized carbons (Fsp3) is 0.542. The van der Waals surface area contributed by atoms with Crippen LogP contribution in [0.25, 0.3) is 11.3 Å². The van der Waals surface area contributed by atoms with Crippen LogP contribution in [0.5, 0.6) is 0 Å². The molecule has 148 valence electrons. The SMILES string of the molecule is Cc1ccc(-c2ccc(C(=O)NC34CC5C[C@@](C)(C3)C[C@@](C)(C5)C4)o2)cc1Cl. The van der Waals surface area contributed by atoms with E-state index >= 15 is 0 Å². The maximum atomic E-state index is 13.1. The van der Waals surface area contributed by atoms with Crippen LogP contribution in [0.15, 0.2) is 34.7 Å². The molecule has 1 N–H and O–H groups in total. The number of rotatable bonds is 3. The number of nitrogens with one attached hydrogen (secondary N) is 1. The first-order chi connectivity index (χ1) is 13.2.